The lowest BCUT2D eigenvalue weighted by Crippen LogP contribution is -2.18. The third-order valence-corrected chi connectivity index (χ3v) is 1.80. The molecule has 2 atom stereocenters. The van der Waals surface area contributed by atoms with Gasteiger partial charge in [-0.1, -0.05) is 20.8 Å². The highest BCUT2D eigenvalue weighted by atomic mass is 16.3. The van der Waals surface area contributed by atoms with Gasteiger partial charge in [0.25, 0.3) is 0 Å². The molecule has 0 saturated heterocycles. The maximum Gasteiger partial charge on any atom is 0.0695 e. The quantitative estimate of drug-likeness (QED) is 0.674. The third kappa shape index (κ3) is 4.80. The van der Waals surface area contributed by atoms with E-state index in [0.29, 0.717) is 5.92 Å². The van der Waals surface area contributed by atoms with Crippen LogP contribution in [0.5, 0.6) is 0 Å². The van der Waals surface area contributed by atoms with E-state index < -0.39 is 6.10 Å². The van der Waals surface area contributed by atoms with Crippen LogP contribution in [0.2, 0.25) is 0 Å². The van der Waals surface area contributed by atoms with Crippen molar-refractivity contribution in [2.45, 2.75) is 39.7 Å². The summed E-state index contributed by atoms with van der Waals surface area (Å²) < 4.78 is 0. The van der Waals surface area contributed by atoms with Gasteiger partial charge in [-0.2, -0.15) is 5.26 Å². The Kier molecular flexibility index (Phi) is 4.89. The first-order valence-corrected chi connectivity index (χ1v) is 4.13. The maximum absolute atomic E-state index is 9.34. The Balaban J connectivity index is 3.65. The van der Waals surface area contributed by atoms with Crippen LogP contribution in [0.25, 0.3) is 0 Å². The molecule has 0 saturated carbocycles. The Labute approximate surface area is 68.8 Å². The van der Waals surface area contributed by atoms with Crippen LogP contribution in [0.4, 0.5) is 0 Å². The summed E-state index contributed by atoms with van der Waals surface area (Å²) >= 11 is 0. The van der Waals surface area contributed by atoms with Crippen molar-refractivity contribution in [2.75, 3.05) is 0 Å². The van der Waals surface area contributed by atoms with Gasteiger partial charge in [0.15, 0.2) is 0 Å². The standard InChI is InChI=1S/C9H17NO/c1-7(2)6-8(3)9(11)4-5-10/h7-9,11H,4,6H2,1-3H3. The summed E-state index contributed by atoms with van der Waals surface area (Å²) in [5.74, 6) is 0.841. The number of nitriles is 1. The topological polar surface area (TPSA) is 44.0 Å². The van der Waals surface area contributed by atoms with Gasteiger partial charge in [0, 0.05) is 0 Å². The van der Waals surface area contributed by atoms with Crippen molar-refractivity contribution in [2.24, 2.45) is 11.8 Å². The van der Waals surface area contributed by atoms with Gasteiger partial charge < -0.3 is 5.11 Å². The minimum absolute atomic E-state index is 0.245. The Hall–Kier alpha value is -0.550. The van der Waals surface area contributed by atoms with Crippen molar-refractivity contribution >= 4 is 0 Å². The van der Waals surface area contributed by atoms with Crippen LogP contribution in [0.1, 0.15) is 33.6 Å². The molecule has 2 nitrogen and oxygen atoms in total. The molecular formula is C9H17NO. The third-order valence-electron chi connectivity index (χ3n) is 1.80. The Morgan fingerprint density at radius 1 is 1.36 bits per heavy atom. The highest BCUT2D eigenvalue weighted by molar-refractivity contribution is 4.78. The van der Waals surface area contributed by atoms with Crippen molar-refractivity contribution in [1.82, 2.24) is 0 Å². The molecule has 0 spiro atoms. The lowest BCUT2D eigenvalue weighted by molar-refractivity contribution is 0.109. The van der Waals surface area contributed by atoms with E-state index in [2.05, 4.69) is 13.8 Å². The molecule has 0 aliphatic carbocycles. The van der Waals surface area contributed by atoms with Gasteiger partial charge in [-0.25, -0.2) is 0 Å². The van der Waals surface area contributed by atoms with Crippen molar-refractivity contribution < 1.29 is 5.11 Å². The average molecular weight is 155 g/mol. The monoisotopic (exact) mass is 155 g/mol. The summed E-state index contributed by atoms with van der Waals surface area (Å²) in [5, 5.41) is 17.7. The Morgan fingerprint density at radius 3 is 2.27 bits per heavy atom. The summed E-state index contributed by atoms with van der Waals surface area (Å²) in [6, 6.07) is 1.97. The summed E-state index contributed by atoms with van der Waals surface area (Å²) in [7, 11) is 0. The molecule has 0 aromatic rings. The van der Waals surface area contributed by atoms with E-state index in [1.807, 2.05) is 13.0 Å². The zero-order chi connectivity index (χ0) is 8.85. The normalized spacial score (nSPS) is 16.0. The molecule has 0 radical (unpaired) electrons. The largest absolute Gasteiger partial charge is 0.392 e. The van der Waals surface area contributed by atoms with Gasteiger partial charge in [-0.15, -0.1) is 0 Å². The second kappa shape index (κ2) is 5.15. The van der Waals surface area contributed by atoms with Crippen molar-refractivity contribution in [3.05, 3.63) is 0 Å². The number of aliphatic hydroxyl groups excluding tert-OH is 1. The van der Waals surface area contributed by atoms with E-state index in [9.17, 15) is 5.11 Å². The van der Waals surface area contributed by atoms with E-state index in [4.69, 9.17) is 5.26 Å². The molecule has 2 heteroatoms. The minimum atomic E-state index is -0.442. The van der Waals surface area contributed by atoms with Gasteiger partial charge in [-0.05, 0) is 18.3 Å². The highest BCUT2D eigenvalue weighted by Gasteiger charge is 2.14. The second-order valence-electron chi connectivity index (χ2n) is 3.54. The van der Waals surface area contributed by atoms with Gasteiger partial charge in [-0.3, -0.25) is 0 Å². The second-order valence-corrected chi connectivity index (χ2v) is 3.54. The van der Waals surface area contributed by atoms with Crippen LogP contribution >= 0.6 is 0 Å². The molecule has 0 fully saturated rings. The smallest absolute Gasteiger partial charge is 0.0695 e. The van der Waals surface area contributed by atoms with Gasteiger partial charge in [0.05, 0.1) is 18.6 Å². The molecule has 0 aromatic heterocycles. The molecule has 64 valence electrons. The zero-order valence-corrected chi connectivity index (χ0v) is 7.54. The van der Waals surface area contributed by atoms with E-state index in [1.165, 1.54) is 0 Å². The Morgan fingerprint density at radius 2 is 1.91 bits per heavy atom. The van der Waals surface area contributed by atoms with Crippen LogP contribution < -0.4 is 0 Å². The summed E-state index contributed by atoms with van der Waals surface area (Å²) in [6.07, 6.45) is 0.805. The number of nitrogens with zero attached hydrogens (tertiary/aromatic N) is 1. The number of rotatable bonds is 4. The molecule has 0 aromatic carbocycles. The molecule has 0 amide bonds. The molecular weight excluding hydrogens is 138 g/mol. The number of hydrogen-bond acceptors (Lipinski definition) is 2. The first-order chi connectivity index (χ1) is 5.07. The minimum Gasteiger partial charge on any atom is -0.392 e. The fraction of sp³-hybridized carbons (Fsp3) is 0.889. The summed E-state index contributed by atoms with van der Waals surface area (Å²) in [5.41, 5.74) is 0. The number of aliphatic hydroxyl groups is 1. The molecule has 11 heavy (non-hydrogen) atoms. The van der Waals surface area contributed by atoms with Crippen molar-refractivity contribution in [1.29, 1.82) is 5.26 Å². The molecule has 0 rings (SSSR count). The van der Waals surface area contributed by atoms with Gasteiger partial charge in [0.2, 0.25) is 0 Å². The van der Waals surface area contributed by atoms with E-state index >= 15 is 0 Å². The molecule has 0 bridgehead atoms. The molecule has 1 N–H and O–H groups in total. The predicted molar refractivity (Wildman–Crippen MR) is 44.9 cm³/mol. The lowest BCUT2D eigenvalue weighted by atomic mass is 9.93. The molecule has 2 unspecified atom stereocenters. The van der Waals surface area contributed by atoms with Crippen LogP contribution in [0, 0.1) is 23.2 Å². The van der Waals surface area contributed by atoms with E-state index in [-0.39, 0.29) is 12.3 Å². The van der Waals surface area contributed by atoms with E-state index in [1.54, 1.807) is 0 Å². The molecule has 0 aliphatic rings. The lowest BCUT2D eigenvalue weighted by Gasteiger charge is -2.17. The van der Waals surface area contributed by atoms with Crippen LogP contribution in [-0.2, 0) is 0 Å². The van der Waals surface area contributed by atoms with Crippen LogP contribution in [-0.4, -0.2) is 11.2 Å². The highest BCUT2D eigenvalue weighted by Crippen LogP contribution is 2.16. The first-order valence-electron chi connectivity index (χ1n) is 4.13. The molecule has 0 heterocycles. The van der Waals surface area contributed by atoms with Crippen molar-refractivity contribution in [3.63, 3.8) is 0 Å². The van der Waals surface area contributed by atoms with Crippen LogP contribution in [0.15, 0.2) is 0 Å². The van der Waals surface area contributed by atoms with Gasteiger partial charge >= 0.3 is 0 Å². The van der Waals surface area contributed by atoms with E-state index in [0.717, 1.165) is 6.42 Å². The zero-order valence-electron chi connectivity index (χ0n) is 7.54. The fourth-order valence-corrected chi connectivity index (χ4v) is 1.20. The summed E-state index contributed by atoms with van der Waals surface area (Å²) in [6.45, 7) is 6.23. The summed E-state index contributed by atoms with van der Waals surface area (Å²) in [4.78, 5) is 0. The SMILES string of the molecule is CC(C)CC(C)C(O)CC#N. The van der Waals surface area contributed by atoms with Crippen LogP contribution in [0.3, 0.4) is 0 Å². The number of hydrogen-bond donors (Lipinski definition) is 1. The first kappa shape index (κ1) is 10.4. The average Bonchev–Trinajstić information content (AvgIpc) is 1.86. The van der Waals surface area contributed by atoms with Crippen molar-refractivity contribution in [3.8, 4) is 6.07 Å². The maximum atomic E-state index is 9.34. The van der Waals surface area contributed by atoms with Gasteiger partial charge in [0.1, 0.15) is 0 Å². The fourth-order valence-electron chi connectivity index (χ4n) is 1.20. The predicted octanol–water partition coefficient (Wildman–Crippen LogP) is 1.94. The molecule has 0 aliphatic heterocycles. The Bertz CT molecular complexity index is 137.